The Labute approximate surface area is 264 Å². The number of phenols is 2. The highest BCUT2D eigenvalue weighted by molar-refractivity contribution is 5.85. The lowest BCUT2D eigenvalue weighted by atomic mass is 9.84. The van der Waals surface area contributed by atoms with E-state index in [-0.39, 0.29) is 34.4 Å². The number of benzene rings is 4. The summed E-state index contributed by atoms with van der Waals surface area (Å²) in [6.07, 6.45) is 5.16. The fraction of sp³-hybridized carbons (Fsp3) is 0.350. The van der Waals surface area contributed by atoms with E-state index in [0.717, 1.165) is 57.3 Å². The minimum Gasteiger partial charge on any atom is -0.507 e. The number of phenolic OH excluding ortho intramolecular Hbond substituents is 2. The third-order valence-corrected chi connectivity index (χ3v) is 8.05. The molecule has 4 aromatic carbocycles. The molecule has 0 saturated heterocycles. The summed E-state index contributed by atoms with van der Waals surface area (Å²) in [5, 5.41) is 22.3. The molecule has 0 fully saturated rings. The van der Waals surface area contributed by atoms with Crippen LogP contribution in [0.3, 0.4) is 0 Å². The van der Waals surface area contributed by atoms with Crippen molar-refractivity contribution in [3.05, 3.63) is 129 Å². The van der Waals surface area contributed by atoms with E-state index in [2.05, 4.69) is 91.8 Å². The zero-order valence-corrected chi connectivity index (χ0v) is 27.6. The molecule has 0 aliphatic carbocycles. The SMILES string of the molecule is Cc1cc(C=N[C@@H](CC[C@H](N=Cc2cc(C)cc(C(C)(C)C)c2O)c2ccccc2)c2ccccc2)c(O)c(C(C)(C)C)c1. The van der Waals surface area contributed by atoms with Crippen molar-refractivity contribution in [2.45, 2.75) is 91.1 Å². The molecule has 0 amide bonds. The Kier molecular flexibility index (Phi) is 10.1. The molecule has 4 nitrogen and oxygen atoms in total. The highest BCUT2D eigenvalue weighted by Gasteiger charge is 2.22. The Morgan fingerprint density at radius 3 is 1.23 bits per heavy atom. The number of nitrogens with zero attached hydrogens (tertiary/aromatic N) is 2. The second-order valence-corrected chi connectivity index (χ2v) is 14.0. The molecule has 4 heteroatoms. The van der Waals surface area contributed by atoms with E-state index in [1.165, 1.54) is 0 Å². The third-order valence-electron chi connectivity index (χ3n) is 8.05. The van der Waals surface area contributed by atoms with Gasteiger partial charge in [0.05, 0.1) is 12.1 Å². The van der Waals surface area contributed by atoms with E-state index >= 15 is 0 Å². The average molecular weight is 589 g/mol. The molecular formula is C40H48N2O2. The molecule has 0 spiro atoms. The summed E-state index contributed by atoms with van der Waals surface area (Å²) < 4.78 is 0. The molecule has 0 heterocycles. The molecule has 0 saturated carbocycles. The van der Waals surface area contributed by atoms with Crippen molar-refractivity contribution >= 4 is 12.4 Å². The summed E-state index contributed by atoms with van der Waals surface area (Å²) in [5.41, 5.74) is 7.37. The molecule has 0 aliphatic rings. The molecule has 0 radical (unpaired) electrons. The Morgan fingerprint density at radius 2 is 0.909 bits per heavy atom. The van der Waals surface area contributed by atoms with Crippen molar-refractivity contribution in [1.29, 1.82) is 0 Å². The minimum absolute atomic E-state index is 0.115. The van der Waals surface area contributed by atoms with Gasteiger partial charge in [0.15, 0.2) is 0 Å². The Hall–Kier alpha value is -4.18. The van der Waals surface area contributed by atoms with Crippen LogP contribution in [0.1, 0.15) is 111 Å². The third kappa shape index (κ3) is 8.25. The van der Waals surface area contributed by atoms with Crippen LogP contribution in [0, 0.1) is 13.8 Å². The van der Waals surface area contributed by atoms with Crippen LogP contribution < -0.4 is 0 Å². The van der Waals surface area contributed by atoms with Crippen molar-refractivity contribution < 1.29 is 10.2 Å². The highest BCUT2D eigenvalue weighted by atomic mass is 16.3. The maximum atomic E-state index is 11.2. The van der Waals surface area contributed by atoms with E-state index in [1.54, 1.807) is 0 Å². The monoisotopic (exact) mass is 588 g/mol. The van der Waals surface area contributed by atoms with Gasteiger partial charge in [0.25, 0.3) is 0 Å². The molecular weight excluding hydrogens is 540 g/mol. The second-order valence-electron chi connectivity index (χ2n) is 14.0. The zero-order chi connectivity index (χ0) is 32.1. The van der Waals surface area contributed by atoms with Crippen molar-refractivity contribution in [3.63, 3.8) is 0 Å². The van der Waals surface area contributed by atoms with E-state index < -0.39 is 0 Å². The van der Waals surface area contributed by atoms with Crippen LogP contribution >= 0.6 is 0 Å². The van der Waals surface area contributed by atoms with Crippen molar-refractivity contribution in [3.8, 4) is 11.5 Å². The molecule has 4 rings (SSSR count). The standard InChI is InChI=1S/C40H48N2O2/c1-27-21-31(37(43)33(23-27)39(3,4)5)25-41-35(29-15-11-9-12-16-29)19-20-36(30-17-13-10-14-18-30)42-26-32-22-28(2)24-34(38(32)44)40(6,7)8/h9-18,21-26,35-36,43-44H,19-20H2,1-8H3/t35-,36-/m0/s1. The highest BCUT2D eigenvalue weighted by Crippen LogP contribution is 2.36. The predicted octanol–water partition coefficient (Wildman–Crippen LogP) is 10.1. The topological polar surface area (TPSA) is 65.2 Å². The quantitative estimate of drug-likeness (QED) is 0.191. The zero-order valence-electron chi connectivity index (χ0n) is 27.6. The maximum Gasteiger partial charge on any atom is 0.128 e. The van der Waals surface area contributed by atoms with Crippen LogP contribution in [0.4, 0.5) is 0 Å². The van der Waals surface area contributed by atoms with Gasteiger partial charge in [0, 0.05) is 34.7 Å². The van der Waals surface area contributed by atoms with Gasteiger partial charge in [-0.1, -0.05) is 114 Å². The molecule has 2 N–H and O–H groups in total. The fourth-order valence-electron chi connectivity index (χ4n) is 5.62. The van der Waals surface area contributed by atoms with Gasteiger partial charge in [-0.15, -0.1) is 0 Å². The number of hydrogen-bond donors (Lipinski definition) is 2. The minimum atomic E-state index is -0.183. The van der Waals surface area contributed by atoms with E-state index in [0.29, 0.717) is 0 Å². The molecule has 2 atom stereocenters. The number of aliphatic imine (C=N–C) groups is 2. The first-order valence-corrected chi connectivity index (χ1v) is 15.6. The molecule has 0 aromatic heterocycles. The Balaban J connectivity index is 1.68. The molecule has 4 aromatic rings. The van der Waals surface area contributed by atoms with Crippen molar-refractivity contribution in [2.24, 2.45) is 9.98 Å². The van der Waals surface area contributed by atoms with Crippen LogP contribution in [0.25, 0.3) is 0 Å². The second kappa shape index (κ2) is 13.6. The molecule has 0 bridgehead atoms. The number of hydrogen-bond acceptors (Lipinski definition) is 4. The van der Waals surface area contributed by atoms with Gasteiger partial charge >= 0.3 is 0 Å². The summed E-state index contributed by atoms with van der Waals surface area (Å²) in [7, 11) is 0. The lowest BCUT2D eigenvalue weighted by Gasteiger charge is -2.22. The lowest BCUT2D eigenvalue weighted by molar-refractivity contribution is 0.444. The summed E-state index contributed by atoms with van der Waals surface area (Å²) in [6, 6.07) is 28.5. The largest absolute Gasteiger partial charge is 0.507 e. The molecule has 0 unspecified atom stereocenters. The molecule has 44 heavy (non-hydrogen) atoms. The number of rotatable bonds is 9. The smallest absolute Gasteiger partial charge is 0.128 e. The van der Waals surface area contributed by atoms with Gasteiger partial charge in [-0.2, -0.15) is 0 Å². The summed E-state index contributed by atoms with van der Waals surface area (Å²) in [4.78, 5) is 10.1. The predicted molar refractivity (Wildman–Crippen MR) is 186 cm³/mol. The van der Waals surface area contributed by atoms with Gasteiger partial charge in [-0.25, -0.2) is 0 Å². The first-order valence-electron chi connectivity index (χ1n) is 15.6. The summed E-state index contributed by atoms with van der Waals surface area (Å²) >= 11 is 0. The lowest BCUT2D eigenvalue weighted by Crippen LogP contribution is -2.12. The van der Waals surface area contributed by atoms with E-state index in [1.807, 2.05) is 61.0 Å². The van der Waals surface area contributed by atoms with Crippen LogP contribution in [-0.4, -0.2) is 22.6 Å². The van der Waals surface area contributed by atoms with Crippen LogP contribution in [0.5, 0.6) is 11.5 Å². The normalized spacial score (nSPS) is 13.9. The van der Waals surface area contributed by atoms with Crippen molar-refractivity contribution in [1.82, 2.24) is 0 Å². The van der Waals surface area contributed by atoms with Crippen molar-refractivity contribution in [2.75, 3.05) is 0 Å². The van der Waals surface area contributed by atoms with E-state index in [4.69, 9.17) is 9.98 Å². The van der Waals surface area contributed by atoms with Gasteiger partial charge in [-0.3, -0.25) is 9.98 Å². The van der Waals surface area contributed by atoms with E-state index in [9.17, 15) is 10.2 Å². The average Bonchev–Trinajstić information content (AvgIpc) is 2.97. The Morgan fingerprint density at radius 1 is 0.568 bits per heavy atom. The van der Waals surface area contributed by atoms with Crippen LogP contribution in [0.15, 0.2) is 94.9 Å². The first kappa shape index (κ1) is 32.7. The number of aromatic hydroxyl groups is 2. The summed E-state index contributed by atoms with van der Waals surface area (Å²) in [5.74, 6) is 0.580. The molecule has 230 valence electrons. The fourth-order valence-corrected chi connectivity index (χ4v) is 5.62. The van der Waals surface area contributed by atoms with Gasteiger partial charge in [-0.05, 0) is 71.9 Å². The molecule has 0 aliphatic heterocycles. The van der Waals surface area contributed by atoms with Gasteiger partial charge < -0.3 is 10.2 Å². The Bertz CT molecular complexity index is 1480. The van der Waals surface area contributed by atoms with Crippen LogP contribution in [-0.2, 0) is 10.8 Å². The number of aryl methyl sites for hydroxylation is 2. The van der Waals surface area contributed by atoms with Crippen LogP contribution in [0.2, 0.25) is 0 Å². The summed E-state index contributed by atoms with van der Waals surface area (Å²) in [6.45, 7) is 16.8. The van der Waals surface area contributed by atoms with Gasteiger partial charge in [0.2, 0.25) is 0 Å². The first-order chi connectivity index (χ1) is 20.7. The maximum absolute atomic E-state index is 11.2. The van der Waals surface area contributed by atoms with Gasteiger partial charge in [0.1, 0.15) is 11.5 Å².